The molecule has 1 unspecified atom stereocenters. The molecule has 1 amide bonds. The quantitative estimate of drug-likeness (QED) is 0.926. The molecule has 2 aromatic rings. The van der Waals surface area contributed by atoms with Crippen molar-refractivity contribution in [3.05, 3.63) is 36.3 Å². The molecule has 1 saturated heterocycles. The maximum Gasteiger partial charge on any atom is 0.308 e. The lowest BCUT2D eigenvalue weighted by atomic mass is 9.98. The van der Waals surface area contributed by atoms with Crippen LogP contribution < -0.4 is 0 Å². The summed E-state index contributed by atoms with van der Waals surface area (Å²) in [5, 5.41) is 12.9. The van der Waals surface area contributed by atoms with Gasteiger partial charge in [0.15, 0.2) is 11.5 Å². The molecule has 1 fully saturated rings. The molecule has 7 heteroatoms. The second kappa shape index (κ2) is 5.97. The maximum atomic E-state index is 12.4. The minimum Gasteiger partial charge on any atom is -0.481 e. The summed E-state index contributed by atoms with van der Waals surface area (Å²) in [6, 6.07) is 5.09. The third-order valence-corrected chi connectivity index (χ3v) is 3.75. The van der Waals surface area contributed by atoms with E-state index in [1.165, 1.54) is 4.90 Å². The van der Waals surface area contributed by atoms with Crippen molar-refractivity contribution in [3.8, 4) is 11.3 Å². The largest absolute Gasteiger partial charge is 0.481 e. The van der Waals surface area contributed by atoms with Gasteiger partial charge in [0.1, 0.15) is 0 Å². The molecule has 3 rings (SSSR count). The van der Waals surface area contributed by atoms with Gasteiger partial charge in [-0.05, 0) is 25.0 Å². The number of rotatable bonds is 3. The van der Waals surface area contributed by atoms with Crippen LogP contribution in [0.25, 0.3) is 11.3 Å². The Balaban J connectivity index is 1.76. The lowest BCUT2D eigenvalue weighted by molar-refractivity contribution is -0.143. The van der Waals surface area contributed by atoms with E-state index in [2.05, 4.69) is 10.1 Å². The van der Waals surface area contributed by atoms with Crippen molar-refractivity contribution < 1.29 is 19.2 Å². The first-order valence-corrected chi connectivity index (χ1v) is 7.04. The van der Waals surface area contributed by atoms with Gasteiger partial charge in [-0.15, -0.1) is 0 Å². The monoisotopic (exact) mass is 301 g/mol. The molecule has 3 heterocycles. The lowest BCUT2D eigenvalue weighted by Gasteiger charge is -2.29. The second-order valence-electron chi connectivity index (χ2n) is 5.24. The van der Waals surface area contributed by atoms with E-state index in [1.54, 1.807) is 30.6 Å². The molecule has 0 aliphatic carbocycles. The molecule has 0 aromatic carbocycles. The number of hydrogen-bond donors (Lipinski definition) is 1. The van der Waals surface area contributed by atoms with Gasteiger partial charge in [0.2, 0.25) is 0 Å². The predicted molar refractivity (Wildman–Crippen MR) is 76.0 cm³/mol. The summed E-state index contributed by atoms with van der Waals surface area (Å²) in [4.78, 5) is 28.9. The number of pyridine rings is 1. The first-order valence-electron chi connectivity index (χ1n) is 7.04. The van der Waals surface area contributed by atoms with Crippen molar-refractivity contribution in [3.63, 3.8) is 0 Å². The molecule has 0 bridgehead atoms. The summed E-state index contributed by atoms with van der Waals surface area (Å²) in [5.41, 5.74) is 0.974. The van der Waals surface area contributed by atoms with Crippen LogP contribution in [0.5, 0.6) is 0 Å². The Morgan fingerprint density at radius 1 is 1.32 bits per heavy atom. The number of carbonyl (C=O) groups excluding carboxylic acids is 1. The van der Waals surface area contributed by atoms with Crippen molar-refractivity contribution in [2.45, 2.75) is 12.8 Å². The standard InChI is InChI=1S/C15H15N3O4/c19-14(18-7-1-2-11(9-18)15(20)21)12-8-13(22-17-12)10-3-5-16-6-4-10/h3-6,8,11H,1-2,7,9H2,(H,20,21). The summed E-state index contributed by atoms with van der Waals surface area (Å²) >= 11 is 0. The van der Waals surface area contributed by atoms with Gasteiger partial charge in [-0.1, -0.05) is 5.16 Å². The Bertz CT molecular complexity index is 683. The zero-order valence-electron chi connectivity index (χ0n) is 11.8. The first-order chi connectivity index (χ1) is 10.6. The van der Waals surface area contributed by atoms with Crippen molar-refractivity contribution in [1.29, 1.82) is 0 Å². The second-order valence-corrected chi connectivity index (χ2v) is 5.24. The molecule has 0 radical (unpaired) electrons. The van der Waals surface area contributed by atoms with Crippen molar-refractivity contribution in [2.75, 3.05) is 13.1 Å². The molecule has 7 nitrogen and oxygen atoms in total. The number of aliphatic carboxylic acids is 1. The minimum absolute atomic E-state index is 0.192. The highest BCUT2D eigenvalue weighted by atomic mass is 16.5. The zero-order chi connectivity index (χ0) is 15.5. The van der Waals surface area contributed by atoms with Crippen molar-refractivity contribution in [2.24, 2.45) is 5.92 Å². The van der Waals surface area contributed by atoms with E-state index in [1.807, 2.05) is 0 Å². The lowest BCUT2D eigenvalue weighted by Crippen LogP contribution is -2.42. The highest BCUT2D eigenvalue weighted by Crippen LogP contribution is 2.22. The highest BCUT2D eigenvalue weighted by Gasteiger charge is 2.30. The smallest absolute Gasteiger partial charge is 0.308 e. The Morgan fingerprint density at radius 3 is 2.82 bits per heavy atom. The number of carboxylic acid groups (broad SMARTS) is 1. The van der Waals surface area contributed by atoms with Crippen molar-refractivity contribution >= 4 is 11.9 Å². The summed E-state index contributed by atoms with van der Waals surface area (Å²) in [6.45, 7) is 0.756. The van der Waals surface area contributed by atoms with Gasteiger partial charge in [-0.25, -0.2) is 0 Å². The van der Waals surface area contributed by atoms with Crippen molar-refractivity contribution in [1.82, 2.24) is 15.0 Å². The third kappa shape index (κ3) is 2.83. The predicted octanol–water partition coefficient (Wildman–Crippen LogP) is 1.67. The SMILES string of the molecule is O=C(O)C1CCCN(C(=O)c2cc(-c3ccncc3)on2)C1. The number of carboxylic acids is 1. The van der Waals surface area contributed by atoms with Gasteiger partial charge in [-0.2, -0.15) is 0 Å². The number of nitrogens with zero attached hydrogens (tertiary/aromatic N) is 3. The fraction of sp³-hybridized carbons (Fsp3) is 0.333. The van der Waals surface area contributed by atoms with E-state index in [0.29, 0.717) is 25.1 Å². The van der Waals surface area contributed by atoms with E-state index in [0.717, 1.165) is 5.56 Å². The summed E-state index contributed by atoms with van der Waals surface area (Å²) in [5.74, 6) is -1.19. The fourth-order valence-electron chi connectivity index (χ4n) is 2.55. The molecule has 1 aliphatic heterocycles. The number of likely N-dealkylation sites (tertiary alicyclic amines) is 1. The molecule has 0 saturated carbocycles. The van der Waals surface area contributed by atoms with Crippen LogP contribution in [0.15, 0.2) is 35.1 Å². The van der Waals surface area contributed by atoms with Gasteiger partial charge in [0.05, 0.1) is 5.92 Å². The molecular formula is C15H15N3O4. The number of aromatic nitrogens is 2. The molecule has 2 aromatic heterocycles. The normalized spacial score (nSPS) is 18.2. The fourth-order valence-corrected chi connectivity index (χ4v) is 2.55. The van der Waals surface area contributed by atoms with E-state index < -0.39 is 11.9 Å². The van der Waals surface area contributed by atoms with Gasteiger partial charge in [0, 0.05) is 37.1 Å². The Kier molecular flexibility index (Phi) is 3.86. The Hall–Kier alpha value is -2.70. The van der Waals surface area contributed by atoms with Crippen LogP contribution in [-0.4, -0.2) is 45.1 Å². The van der Waals surface area contributed by atoms with Crippen LogP contribution in [0.1, 0.15) is 23.3 Å². The van der Waals surface area contributed by atoms with Crippen LogP contribution in [0.3, 0.4) is 0 Å². The number of piperidine rings is 1. The molecule has 1 N–H and O–H groups in total. The number of hydrogen-bond acceptors (Lipinski definition) is 5. The molecule has 1 aliphatic rings. The summed E-state index contributed by atoms with van der Waals surface area (Å²) in [6.07, 6.45) is 4.53. The molecule has 114 valence electrons. The first kappa shape index (κ1) is 14.2. The van der Waals surface area contributed by atoms with E-state index in [4.69, 9.17) is 9.63 Å². The van der Waals surface area contributed by atoms with Gasteiger partial charge in [-0.3, -0.25) is 14.6 Å². The number of carbonyl (C=O) groups is 2. The summed E-state index contributed by atoms with van der Waals surface area (Å²) in [7, 11) is 0. The Labute approximate surface area is 126 Å². The van der Waals surface area contributed by atoms with Crippen LogP contribution in [0.4, 0.5) is 0 Å². The van der Waals surface area contributed by atoms with E-state index >= 15 is 0 Å². The molecule has 22 heavy (non-hydrogen) atoms. The average Bonchev–Trinajstić information content (AvgIpc) is 3.05. The maximum absolute atomic E-state index is 12.4. The van der Waals surface area contributed by atoms with Crippen LogP contribution in [0.2, 0.25) is 0 Å². The van der Waals surface area contributed by atoms with E-state index in [9.17, 15) is 9.59 Å². The zero-order valence-corrected chi connectivity index (χ0v) is 11.8. The average molecular weight is 301 g/mol. The Morgan fingerprint density at radius 2 is 2.09 bits per heavy atom. The van der Waals surface area contributed by atoms with Crippen LogP contribution in [-0.2, 0) is 4.79 Å². The topological polar surface area (TPSA) is 96.5 Å². The number of amides is 1. The van der Waals surface area contributed by atoms with E-state index in [-0.39, 0.29) is 18.1 Å². The van der Waals surface area contributed by atoms with Gasteiger partial charge < -0.3 is 14.5 Å². The van der Waals surface area contributed by atoms with Crippen LogP contribution in [0, 0.1) is 5.92 Å². The van der Waals surface area contributed by atoms with Crippen LogP contribution >= 0.6 is 0 Å². The van der Waals surface area contributed by atoms with Gasteiger partial charge in [0.25, 0.3) is 5.91 Å². The third-order valence-electron chi connectivity index (χ3n) is 3.75. The molecule has 1 atom stereocenters. The van der Waals surface area contributed by atoms with Gasteiger partial charge >= 0.3 is 5.97 Å². The highest BCUT2D eigenvalue weighted by molar-refractivity contribution is 5.93. The summed E-state index contributed by atoms with van der Waals surface area (Å²) < 4.78 is 5.20. The molecular weight excluding hydrogens is 286 g/mol. The minimum atomic E-state index is -0.866. The molecule has 0 spiro atoms.